The molecule has 2 rings (SSSR count). The van der Waals surface area contributed by atoms with E-state index in [9.17, 15) is 9.59 Å². The number of benzene rings is 2. The Balaban J connectivity index is 1.94. The van der Waals surface area contributed by atoms with Gasteiger partial charge in [0.15, 0.2) is 0 Å². The van der Waals surface area contributed by atoms with Crippen LogP contribution < -0.4 is 11.1 Å². The van der Waals surface area contributed by atoms with E-state index in [4.69, 9.17) is 5.73 Å². The van der Waals surface area contributed by atoms with E-state index in [0.717, 1.165) is 16.8 Å². The lowest BCUT2D eigenvalue weighted by molar-refractivity contribution is -0.116. The molecular weight excluding hydrogens is 292 g/mol. The van der Waals surface area contributed by atoms with Crippen LogP contribution in [0.25, 0.3) is 0 Å². The molecule has 1 amide bonds. The molecule has 0 radical (unpaired) electrons. The number of hydrogen-bond donors (Lipinski definition) is 2. The Hall–Kier alpha value is -2.82. The number of nitrogens with two attached hydrogens (primary N) is 1. The first-order chi connectivity index (χ1) is 11.0. The molecule has 5 nitrogen and oxygen atoms in total. The molecule has 2 aromatic rings. The number of rotatable bonds is 5. The molecule has 0 aliphatic heterocycles. The number of methoxy groups -OCH3 is 1. The fraction of sp³-hybridized carbons (Fsp3) is 0.222. The van der Waals surface area contributed by atoms with Crippen LogP contribution in [0.2, 0.25) is 0 Å². The lowest BCUT2D eigenvalue weighted by Gasteiger charge is -2.08. The summed E-state index contributed by atoms with van der Waals surface area (Å²) >= 11 is 0. The van der Waals surface area contributed by atoms with Gasteiger partial charge in [-0.25, -0.2) is 4.79 Å². The summed E-state index contributed by atoms with van der Waals surface area (Å²) in [6.07, 6.45) is 0.942. The highest BCUT2D eigenvalue weighted by molar-refractivity contribution is 5.94. The Bertz CT molecular complexity index is 726. The SMILES string of the molecule is COC(=O)c1cccc(NC(=O)CCc2ccc(C)c(N)c2)c1. The lowest BCUT2D eigenvalue weighted by Crippen LogP contribution is -2.13. The average molecular weight is 312 g/mol. The van der Waals surface area contributed by atoms with Crippen molar-refractivity contribution < 1.29 is 14.3 Å². The van der Waals surface area contributed by atoms with Crippen molar-refractivity contribution in [1.29, 1.82) is 0 Å². The van der Waals surface area contributed by atoms with Crippen LogP contribution in [0.1, 0.15) is 27.9 Å². The number of carbonyl (C=O) groups excluding carboxylic acids is 2. The van der Waals surface area contributed by atoms with Gasteiger partial charge in [0.2, 0.25) is 5.91 Å². The molecule has 0 saturated heterocycles. The van der Waals surface area contributed by atoms with Gasteiger partial charge in [0.25, 0.3) is 0 Å². The van der Waals surface area contributed by atoms with Crippen LogP contribution in [0.15, 0.2) is 42.5 Å². The standard InChI is InChI=1S/C18H20N2O3/c1-12-6-7-13(10-16(12)19)8-9-17(21)20-15-5-3-4-14(11-15)18(22)23-2/h3-7,10-11H,8-9,19H2,1-2H3,(H,20,21). The van der Waals surface area contributed by atoms with Crippen LogP contribution in [0.5, 0.6) is 0 Å². The first-order valence-electron chi connectivity index (χ1n) is 7.33. The van der Waals surface area contributed by atoms with Crippen LogP contribution in [-0.2, 0) is 16.0 Å². The number of ether oxygens (including phenoxy) is 1. The Morgan fingerprint density at radius 2 is 1.96 bits per heavy atom. The highest BCUT2D eigenvalue weighted by Crippen LogP contribution is 2.15. The number of hydrogen-bond acceptors (Lipinski definition) is 4. The summed E-state index contributed by atoms with van der Waals surface area (Å²) in [5.74, 6) is -0.553. The van der Waals surface area contributed by atoms with Crippen LogP contribution in [-0.4, -0.2) is 19.0 Å². The molecule has 2 aromatic carbocycles. The molecule has 0 unspecified atom stereocenters. The second-order valence-corrected chi connectivity index (χ2v) is 5.31. The molecular formula is C18H20N2O3. The number of aryl methyl sites for hydroxylation is 2. The Morgan fingerprint density at radius 3 is 2.65 bits per heavy atom. The lowest BCUT2D eigenvalue weighted by atomic mass is 10.1. The molecule has 0 spiro atoms. The Labute approximate surface area is 135 Å². The van der Waals surface area contributed by atoms with Gasteiger partial charge >= 0.3 is 5.97 Å². The maximum Gasteiger partial charge on any atom is 0.337 e. The second kappa shape index (κ2) is 7.45. The summed E-state index contributed by atoms with van der Waals surface area (Å²) in [5.41, 5.74) is 9.61. The normalized spacial score (nSPS) is 10.2. The smallest absolute Gasteiger partial charge is 0.337 e. The maximum absolute atomic E-state index is 12.0. The van der Waals surface area contributed by atoms with Gasteiger partial charge in [0, 0.05) is 17.8 Å². The highest BCUT2D eigenvalue weighted by Gasteiger charge is 2.08. The van der Waals surface area contributed by atoms with Crippen molar-refractivity contribution in [2.24, 2.45) is 0 Å². The van der Waals surface area contributed by atoms with Crippen LogP contribution >= 0.6 is 0 Å². The molecule has 0 fully saturated rings. The van der Waals surface area contributed by atoms with Crippen LogP contribution in [0.4, 0.5) is 11.4 Å². The molecule has 5 heteroatoms. The molecule has 0 saturated carbocycles. The second-order valence-electron chi connectivity index (χ2n) is 5.31. The van der Waals surface area contributed by atoms with Gasteiger partial charge in [0.1, 0.15) is 0 Å². The van der Waals surface area contributed by atoms with E-state index >= 15 is 0 Å². The third-order valence-corrected chi connectivity index (χ3v) is 3.55. The van der Waals surface area contributed by atoms with E-state index in [1.54, 1.807) is 24.3 Å². The molecule has 0 heterocycles. The van der Waals surface area contributed by atoms with Crippen molar-refractivity contribution in [2.45, 2.75) is 19.8 Å². The molecule has 0 aliphatic rings. The van der Waals surface area contributed by atoms with Crippen LogP contribution in [0, 0.1) is 6.92 Å². The summed E-state index contributed by atoms with van der Waals surface area (Å²) < 4.78 is 4.66. The number of nitrogens with one attached hydrogen (secondary N) is 1. The van der Waals surface area contributed by atoms with E-state index in [1.165, 1.54) is 7.11 Å². The third-order valence-electron chi connectivity index (χ3n) is 3.55. The first-order valence-corrected chi connectivity index (χ1v) is 7.33. The summed E-state index contributed by atoms with van der Waals surface area (Å²) in [7, 11) is 1.32. The van der Waals surface area contributed by atoms with Gasteiger partial charge in [-0.15, -0.1) is 0 Å². The Kier molecular flexibility index (Phi) is 5.36. The van der Waals surface area contributed by atoms with Crippen molar-refractivity contribution in [3.05, 3.63) is 59.2 Å². The zero-order chi connectivity index (χ0) is 16.8. The minimum absolute atomic E-state index is 0.119. The topological polar surface area (TPSA) is 81.4 Å². The molecule has 120 valence electrons. The number of esters is 1. The minimum Gasteiger partial charge on any atom is -0.465 e. The first kappa shape index (κ1) is 16.5. The van der Waals surface area contributed by atoms with E-state index in [1.807, 2.05) is 25.1 Å². The van der Waals surface area contributed by atoms with E-state index in [-0.39, 0.29) is 5.91 Å². The summed E-state index contributed by atoms with van der Waals surface area (Å²) in [6, 6.07) is 12.5. The van der Waals surface area contributed by atoms with Gasteiger partial charge in [-0.05, 0) is 48.7 Å². The fourth-order valence-corrected chi connectivity index (χ4v) is 2.17. The number of anilines is 2. The number of amides is 1. The van der Waals surface area contributed by atoms with Crippen molar-refractivity contribution in [3.8, 4) is 0 Å². The Morgan fingerprint density at radius 1 is 1.17 bits per heavy atom. The zero-order valence-corrected chi connectivity index (χ0v) is 13.3. The van der Waals surface area contributed by atoms with Gasteiger partial charge in [-0.1, -0.05) is 18.2 Å². The summed E-state index contributed by atoms with van der Waals surface area (Å²) in [4.78, 5) is 23.5. The minimum atomic E-state index is -0.434. The maximum atomic E-state index is 12.0. The van der Waals surface area contributed by atoms with Crippen molar-refractivity contribution in [3.63, 3.8) is 0 Å². The molecule has 0 bridgehead atoms. The number of carbonyl (C=O) groups is 2. The van der Waals surface area contributed by atoms with Gasteiger partial charge in [-0.2, -0.15) is 0 Å². The molecule has 3 N–H and O–H groups in total. The van der Waals surface area contributed by atoms with E-state index < -0.39 is 5.97 Å². The van der Waals surface area contributed by atoms with Crippen LogP contribution in [0.3, 0.4) is 0 Å². The van der Waals surface area contributed by atoms with E-state index in [2.05, 4.69) is 10.1 Å². The molecule has 0 aromatic heterocycles. The fourth-order valence-electron chi connectivity index (χ4n) is 2.17. The average Bonchev–Trinajstić information content (AvgIpc) is 2.55. The monoisotopic (exact) mass is 312 g/mol. The van der Waals surface area contributed by atoms with Crippen molar-refractivity contribution in [1.82, 2.24) is 0 Å². The third kappa shape index (κ3) is 4.57. The summed E-state index contributed by atoms with van der Waals surface area (Å²) in [6.45, 7) is 1.94. The summed E-state index contributed by atoms with van der Waals surface area (Å²) in [5, 5.41) is 2.78. The predicted molar refractivity (Wildman–Crippen MR) is 90.3 cm³/mol. The van der Waals surface area contributed by atoms with Gasteiger partial charge in [0.05, 0.1) is 12.7 Å². The highest BCUT2D eigenvalue weighted by atomic mass is 16.5. The quantitative estimate of drug-likeness (QED) is 0.657. The molecule has 0 aliphatic carbocycles. The van der Waals surface area contributed by atoms with Gasteiger partial charge < -0.3 is 15.8 Å². The van der Waals surface area contributed by atoms with Crippen molar-refractivity contribution in [2.75, 3.05) is 18.2 Å². The van der Waals surface area contributed by atoms with E-state index in [0.29, 0.717) is 24.1 Å². The predicted octanol–water partition coefficient (Wildman–Crippen LogP) is 2.94. The largest absolute Gasteiger partial charge is 0.465 e. The van der Waals surface area contributed by atoms with Crippen molar-refractivity contribution >= 4 is 23.3 Å². The molecule has 23 heavy (non-hydrogen) atoms. The van der Waals surface area contributed by atoms with Gasteiger partial charge in [-0.3, -0.25) is 4.79 Å². The number of nitrogen functional groups attached to an aromatic ring is 1. The zero-order valence-electron chi connectivity index (χ0n) is 13.3. The molecule has 0 atom stereocenters.